The van der Waals surface area contributed by atoms with Crippen molar-refractivity contribution in [3.05, 3.63) is 30.3 Å². The zero-order chi connectivity index (χ0) is 14.0. The normalized spacial score (nSPS) is 16.1. The molecule has 0 heterocycles. The molecule has 0 spiro atoms. The second-order valence-corrected chi connectivity index (χ2v) is 6.31. The molecule has 0 amide bonds. The van der Waals surface area contributed by atoms with Crippen molar-refractivity contribution in [2.75, 3.05) is 19.3 Å². The Balaban J connectivity index is 0.00000220. The number of rotatable bonds is 5. The number of nitrogens with zero attached hydrogens (tertiary/aromatic N) is 1. The quantitative estimate of drug-likeness (QED) is 0.250. The summed E-state index contributed by atoms with van der Waals surface area (Å²) in [6.45, 7) is 0.936. The molecule has 0 bridgehead atoms. The van der Waals surface area contributed by atoms with Gasteiger partial charge in [-0.1, -0.05) is 37.5 Å². The van der Waals surface area contributed by atoms with E-state index in [9.17, 15) is 0 Å². The van der Waals surface area contributed by atoms with E-state index in [-0.39, 0.29) is 24.0 Å². The molecule has 2 rings (SSSR count). The summed E-state index contributed by atoms with van der Waals surface area (Å²) in [6.07, 6.45) is 6.63. The average Bonchev–Trinajstić information content (AvgIpc) is 2.52. The number of guanidine groups is 1. The first kappa shape index (κ1) is 18.6. The zero-order valence-electron chi connectivity index (χ0n) is 12.7. The first-order chi connectivity index (χ1) is 9.88. The molecular weight excluding hydrogens is 393 g/mol. The summed E-state index contributed by atoms with van der Waals surface area (Å²) < 4.78 is 0. The molecule has 1 aliphatic carbocycles. The standard InChI is InChI=1S/C16H25N3S.HI/c1-17-16(19-14-8-4-2-5-9-14)18-12-13-20-15-10-6-3-7-11-15;/h3,6-7,10-11,14H,2,4-5,8-9,12-13H2,1H3,(H2,17,18,19);1H. The summed E-state index contributed by atoms with van der Waals surface area (Å²) in [5, 5.41) is 6.94. The molecule has 0 saturated heterocycles. The van der Waals surface area contributed by atoms with Gasteiger partial charge in [0.05, 0.1) is 0 Å². The van der Waals surface area contributed by atoms with E-state index in [1.807, 2.05) is 18.8 Å². The first-order valence-electron chi connectivity index (χ1n) is 7.53. The topological polar surface area (TPSA) is 36.4 Å². The third kappa shape index (κ3) is 7.40. The fourth-order valence-electron chi connectivity index (χ4n) is 2.49. The van der Waals surface area contributed by atoms with Crippen molar-refractivity contribution < 1.29 is 0 Å². The average molecular weight is 419 g/mol. The Morgan fingerprint density at radius 3 is 2.57 bits per heavy atom. The molecule has 1 fully saturated rings. The van der Waals surface area contributed by atoms with Gasteiger partial charge in [-0.05, 0) is 25.0 Å². The smallest absolute Gasteiger partial charge is 0.191 e. The van der Waals surface area contributed by atoms with E-state index in [0.717, 1.165) is 18.3 Å². The molecule has 0 atom stereocenters. The second-order valence-electron chi connectivity index (χ2n) is 5.14. The van der Waals surface area contributed by atoms with Gasteiger partial charge in [0.1, 0.15) is 0 Å². The van der Waals surface area contributed by atoms with Gasteiger partial charge in [0.2, 0.25) is 0 Å². The number of aliphatic imine (C=N–C) groups is 1. The van der Waals surface area contributed by atoms with Crippen LogP contribution in [0.3, 0.4) is 0 Å². The zero-order valence-corrected chi connectivity index (χ0v) is 15.8. The van der Waals surface area contributed by atoms with E-state index in [1.165, 1.54) is 37.0 Å². The number of nitrogens with one attached hydrogen (secondary N) is 2. The third-order valence-electron chi connectivity index (χ3n) is 3.58. The van der Waals surface area contributed by atoms with Crippen molar-refractivity contribution >= 4 is 41.7 Å². The number of hydrogen-bond donors (Lipinski definition) is 2. The Morgan fingerprint density at radius 2 is 1.90 bits per heavy atom. The monoisotopic (exact) mass is 419 g/mol. The highest BCUT2D eigenvalue weighted by Crippen LogP contribution is 2.17. The van der Waals surface area contributed by atoms with E-state index < -0.39 is 0 Å². The van der Waals surface area contributed by atoms with Crippen LogP contribution in [0.5, 0.6) is 0 Å². The van der Waals surface area contributed by atoms with Gasteiger partial charge in [-0.2, -0.15) is 0 Å². The van der Waals surface area contributed by atoms with Crippen LogP contribution in [0.15, 0.2) is 40.2 Å². The summed E-state index contributed by atoms with van der Waals surface area (Å²) in [7, 11) is 1.85. The van der Waals surface area contributed by atoms with Gasteiger partial charge in [-0.3, -0.25) is 4.99 Å². The Labute approximate surface area is 149 Å². The minimum Gasteiger partial charge on any atom is -0.356 e. The number of halogens is 1. The van der Waals surface area contributed by atoms with Crippen LogP contribution < -0.4 is 10.6 Å². The van der Waals surface area contributed by atoms with Crippen molar-refractivity contribution in [1.82, 2.24) is 10.6 Å². The van der Waals surface area contributed by atoms with Crippen LogP contribution in [0, 0.1) is 0 Å². The summed E-state index contributed by atoms with van der Waals surface area (Å²) in [4.78, 5) is 5.64. The molecule has 118 valence electrons. The highest BCUT2D eigenvalue weighted by molar-refractivity contribution is 14.0. The summed E-state index contributed by atoms with van der Waals surface area (Å²) in [6, 6.07) is 11.1. The lowest BCUT2D eigenvalue weighted by Crippen LogP contribution is -2.44. The minimum atomic E-state index is 0. The highest BCUT2D eigenvalue weighted by atomic mass is 127. The molecule has 0 aromatic heterocycles. The minimum absolute atomic E-state index is 0. The van der Waals surface area contributed by atoms with Crippen LogP contribution in [0.25, 0.3) is 0 Å². The molecule has 3 nitrogen and oxygen atoms in total. The molecule has 2 N–H and O–H groups in total. The fourth-order valence-corrected chi connectivity index (χ4v) is 3.28. The first-order valence-corrected chi connectivity index (χ1v) is 8.52. The van der Waals surface area contributed by atoms with Crippen LogP contribution >= 0.6 is 35.7 Å². The number of hydrogen-bond acceptors (Lipinski definition) is 2. The van der Waals surface area contributed by atoms with E-state index in [2.05, 4.69) is 46.0 Å². The molecule has 1 aromatic carbocycles. The van der Waals surface area contributed by atoms with E-state index in [4.69, 9.17) is 0 Å². The van der Waals surface area contributed by atoms with Crippen LogP contribution in [-0.4, -0.2) is 31.3 Å². The summed E-state index contributed by atoms with van der Waals surface area (Å²) in [5.74, 6) is 2.00. The molecule has 1 aliphatic rings. The van der Waals surface area contributed by atoms with Crippen molar-refractivity contribution in [2.24, 2.45) is 4.99 Å². The number of thioether (sulfide) groups is 1. The summed E-state index contributed by atoms with van der Waals surface area (Å²) >= 11 is 1.87. The van der Waals surface area contributed by atoms with Gasteiger partial charge < -0.3 is 10.6 Å². The van der Waals surface area contributed by atoms with Gasteiger partial charge in [0.15, 0.2) is 5.96 Å². The molecular formula is C16H26IN3S. The van der Waals surface area contributed by atoms with E-state index in [1.54, 1.807) is 0 Å². The SMILES string of the molecule is CN=C(NCCSc1ccccc1)NC1CCCCC1.I. The Hall–Kier alpha value is -0.430. The van der Waals surface area contributed by atoms with Crippen LogP contribution in [0.2, 0.25) is 0 Å². The van der Waals surface area contributed by atoms with E-state index >= 15 is 0 Å². The van der Waals surface area contributed by atoms with Gasteiger partial charge >= 0.3 is 0 Å². The Morgan fingerprint density at radius 1 is 1.19 bits per heavy atom. The fraction of sp³-hybridized carbons (Fsp3) is 0.562. The predicted octanol–water partition coefficient (Wildman–Crippen LogP) is 3.89. The van der Waals surface area contributed by atoms with Gasteiger partial charge in [0, 0.05) is 30.3 Å². The maximum Gasteiger partial charge on any atom is 0.191 e. The van der Waals surface area contributed by atoms with Crippen LogP contribution in [0.1, 0.15) is 32.1 Å². The molecule has 0 radical (unpaired) electrons. The van der Waals surface area contributed by atoms with Crippen LogP contribution in [0.4, 0.5) is 0 Å². The maximum absolute atomic E-state index is 4.31. The lowest BCUT2D eigenvalue weighted by molar-refractivity contribution is 0.410. The number of benzene rings is 1. The second kappa shape index (κ2) is 11.2. The van der Waals surface area contributed by atoms with Crippen molar-refractivity contribution in [3.8, 4) is 0 Å². The molecule has 1 aromatic rings. The summed E-state index contributed by atoms with van der Waals surface area (Å²) in [5.41, 5.74) is 0. The maximum atomic E-state index is 4.31. The van der Waals surface area contributed by atoms with Crippen LogP contribution in [-0.2, 0) is 0 Å². The predicted molar refractivity (Wildman–Crippen MR) is 104 cm³/mol. The molecule has 21 heavy (non-hydrogen) atoms. The van der Waals surface area contributed by atoms with Gasteiger partial charge in [-0.15, -0.1) is 35.7 Å². The van der Waals surface area contributed by atoms with Gasteiger partial charge in [-0.25, -0.2) is 0 Å². The van der Waals surface area contributed by atoms with Crippen molar-refractivity contribution in [2.45, 2.75) is 43.0 Å². The third-order valence-corrected chi connectivity index (χ3v) is 4.59. The molecule has 0 aliphatic heterocycles. The molecule has 1 saturated carbocycles. The van der Waals surface area contributed by atoms with E-state index in [0.29, 0.717) is 6.04 Å². The lowest BCUT2D eigenvalue weighted by Gasteiger charge is -2.24. The van der Waals surface area contributed by atoms with Crippen molar-refractivity contribution in [3.63, 3.8) is 0 Å². The molecule has 0 unspecified atom stereocenters. The largest absolute Gasteiger partial charge is 0.356 e. The Bertz CT molecular complexity index is 405. The lowest BCUT2D eigenvalue weighted by atomic mass is 9.96. The highest BCUT2D eigenvalue weighted by Gasteiger charge is 2.13. The van der Waals surface area contributed by atoms with Crippen molar-refractivity contribution in [1.29, 1.82) is 0 Å². The molecule has 5 heteroatoms. The van der Waals surface area contributed by atoms with Gasteiger partial charge in [0.25, 0.3) is 0 Å². The Kier molecular flexibility index (Phi) is 9.91.